The minimum atomic E-state index is -0.551. The van der Waals surface area contributed by atoms with Crippen LogP contribution in [-0.2, 0) is 11.3 Å². The molecule has 2 aromatic rings. The van der Waals surface area contributed by atoms with Crippen molar-refractivity contribution in [1.82, 2.24) is 9.88 Å². The SMILES string of the molecule is Cc1ccc(NC(N)=NCCCN(Cc2cccnc2)C(=O)OC(C)(C)C)cc1.I. The molecule has 0 radical (unpaired) electrons. The molecule has 3 N–H and O–H groups in total. The van der Waals surface area contributed by atoms with Gasteiger partial charge in [-0.1, -0.05) is 23.8 Å². The molecular formula is C22H32IN5O2. The molecule has 1 amide bonds. The van der Waals surface area contributed by atoms with Gasteiger partial charge in [0.15, 0.2) is 5.96 Å². The van der Waals surface area contributed by atoms with Crippen LogP contribution in [-0.4, -0.2) is 40.6 Å². The number of carbonyl (C=O) groups excluding carboxylic acids is 1. The summed E-state index contributed by atoms with van der Waals surface area (Å²) in [4.78, 5) is 22.7. The Kier molecular flexibility index (Phi) is 10.6. The Morgan fingerprint density at radius 1 is 1.23 bits per heavy atom. The van der Waals surface area contributed by atoms with E-state index in [2.05, 4.69) is 15.3 Å². The molecular weight excluding hydrogens is 493 g/mol. The summed E-state index contributed by atoms with van der Waals surface area (Å²) in [7, 11) is 0. The van der Waals surface area contributed by atoms with E-state index in [0.29, 0.717) is 32.0 Å². The molecule has 8 heteroatoms. The quantitative estimate of drug-likeness (QED) is 0.239. The molecule has 0 aliphatic carbocycles. The Bertz CT molecular complexity index is 805. The van der Waals surface area contributed by atoms with Gasteiger partial charge in [-0.2, -0.15) is 0 Å². The van der Waals surface area contributed by atoms with Crippen molar-refractivity contribution in [1.29, 1.82) is 0 Å². The van der Waals surface area contributed by atoms with Crippen LogP contribution in [0.25, 0.3) is 0 Å². The number of ether oxygens (including phenoxy) is 1. The third kappa shape index (κ3) is 9.91. The number of carbonyl (C=O) groups is 1. The maximum atomic E-state index is 12.6. The van der Waals surface area contributed by atoms with Crippen LogP contribution in [0.3, 0.4) is 0 Å². The lowest BCUT2D eigenvalue weighted by Gasteiger charge is -2.27. The topological polar surface area (TPSA) is 92.8 Å². The van der Waals surface area contributed by atoms with Crippen molar-refractivity contribution in [2.24, 2.45) is 10.7 Å². The standard InChI is InChI=1S/C22H31N5O2.HI/c1-17-8-10-19(11-9-17)26-20(23)25-13-6-14-27(21(28)29-22(2,3)4)16-18-7-5-12-24-15-18;/h5,7-12,15H,6,13-14,16H2,1-4H3,(H3,23,25,26);1H. The Labute approximate surface area is 196 Å². The molecule has 0 aliphatic heterocycles. The molecule has 0 fully saturated rings. The van der Waals surface area contributed by atoms with Crippen LogP contribution in [0.15, 0.2) is 53.8 Å². The molecule has 0 bridgehead atoms. The van der Waals surface area contributed by atoms with Gasteiger partial charge < -0.3 is 20.7 Å². The van der Waals surface area contributed by atoms with E-state index in [9.17, 15) is 4.79 Å². The lowest BCUT2D eigenvalue weighted by Crippen LogP contribution is -2.37. The Hall–Kier alpha value is -2.36. The van der Waals surface area contributed by atoms with Crippen LogP contribution in [0, 0.1) is 6.92 Å². The first-order chi connectivity index (χ1) is 13.7. The van der Waals surface area contributed by atoms with E-state index < -0.39 is 5.60 Å². The normalized spacial score (nSPS) is 11.4. The number of aromatic nitrogens is 1. The predicted octanol–water partition coefficient (Wildman–Crippen LogP) is 4.56. The van der Waals surface area contributed by atoms with Gasteiger partial charge in [0.25, 0.3) is 0 Å². The zero-order valence-corrected chi connectivity index (χ0v) is 20.4. The number of hydrogen-bond donors (Lipinski definition) is 2. The van der Waals surface area contributed by atoms with Crippen molar-refractivity contribution < 1.29 is 9.53 Å². The number of hydrogen-bond acceptors (Lipinski definition) is 4. The molecule has 0 spiro atoms. The van der Waals surface area contributed by atoms with Gasteiger partial charge in [0.2, 0.25) is 0 Å². The van der Waals surface area contributed by atoms with Gasteiger partial charge in [-0.3, -0.25) is 9.98 Å². The second-order valence-corrected chi connectivity index (χ2v) is 7.87. The van der Waals surface area contributed by atoms with E-state index in [1.807, 2.05) is 64.1 Å². The minimum Gasteiger partial charge on any atom is -0.444 e. The van der Waals surface area contributed by atoms with Crippen LogP contribution >= 0.6 is 24.0 Å². The summed E-state index contributed by atoms with van der Waals surface area (Å²) in [5, 5.41) is 3.07. The van der Waals surface area contributed by atoms with Crippen molar-refractivity contribution in [3.63, 3.8) is 0 Å². The average molecular weight is 525 g/mol. The minimum absolute atomic E-state index is 0. The molecule has 2 rings (SSSR count). The zero-order valence-electron chi connectivity index (χ0n) is 18.1. The second-order valence-electron chi connectivity index (χ2n) is 7.87. The molecule has 0 saturated heterocycles. The van der Waals surface area contributed by atoms with E-state index in [1.54, 1.807) is 17.3 Å². The van der Waals surface area contributed by atoms with Crippen molar-refractivity contribution >= 4 is 41.7 Å². The van der Waals surface area contributed by atoms with Gasteiger partial charge in [0, 0.05) is 31.2 Å². The van der Waals surface area contributed by atoms with E-state index in [1.165, 1.54) is 5.56 Å². The number of amides is 1. The zero-order chi connectivity index (χ0) is 21.3. The number of aliphatic imine (C=N–C) groups is 1. The highest BCUT2D eigenvalue weighted by Gasteiger charge is 2.22. The smallest absolute Gasteiger partial charge is 0.410 e. The van der Waals surface area contributed by atoms with Crippen molar-refractivity contribution in [2.75, 3.05) is 18.4 Å². The molecule has 7 nitrogen and oxygen atoms in total. The van der Waals surface area contributed by atoms with Crippen molar-refractivity contribution in [3.8, 4) is 0 Å². The largest absolute Gasteiger partial charge is 0.444 e. The van der Waals surface area contributed by atoms with Gasteiger partial charge in [-0.15, -0.1) is 24.0 Å². The monoisotopic (exact) mass is 525 g/mol. The molecule has 0 aliphatic rings. The highest BCUT2D eigenvalue weighted by molar-refractivity contribution is 14.0. The third-order valence-corrected chi connectivity index (χ3v) is 3.94. The summed E-state index contributed by atoms with van der Waals surface area (Å²) in [6.07, 6.45) is 3.77. The van der Waals surface area contributed by atoms with Gasteiger partial charge in [-0.25, -0.2) is 4.79 Å². The third-order valence-electron chi connectivity index (χ3n) is 3.94. The number of benzene rings is 1. The average Bonchev–Trinajstić information content (AvgIpc) is 2.65. The summed E-state index contributed by atoms with van der Waals surface area (Å²) in [5.41, 5.74) is 8.42. The molecule has 164 valence electrons. The van der Waals surface area contributed by atoms with Crippen LogP contribution in [0.1, 0.15) is 38.3 Å². The predicted molar refractivity (Wildman–Crippen MR) is 132 cm³/mol. The van der Waals surface area contributed by atoms with Crippen molar-refractivity contribution in [2.45, 2.75) is 46.3 Å². The first kappa shape index (κ1) is 25.7. The number of nitrogens with one attached hydrogen (secondary N) is 1. The van der Waals surface area contributed by atoms with Gasteiger partial charge in [0.1, 0.15) is 5.60 Å². The van der Waals surface area contributed by atoms with Crippen LogP contribution in [0.2, 0.25) is 0 Å². The maximum Gasteiger partial charge on any atom is 0.410 e. The molecule has 0 saturated carbocycles. The summed E-state index contributed by atoms with van der Waals surface area (Å²) in [5.74, 6) is 0.352. The fourth-order valence-corrected chi connectivity index (χ4v) is 2.56. The Morgan fingerprint density at radius 3 is 2.53 bits per heavy atom. The fourth-order valence-electron chi connectivity index (χ4n) is 2.56. The number of rotatable bonds is 7. The summed E-state index contributed by atoms with van der Waals surface area (Å²) >= 11 is 0. The molecule has 0 unspecified atom stereocenters. The number of aryl methyl sites for hydroxylation is 1. The molecule has 1 aromatic carbocycles. The number of halogens is 1. The number of nitrogens with two attached hydrogens (primary N) is 1. The number of nitrogens with zero attached hydrogens (tertiary/aromatic N) is 3. The van der Waals surface area contributed by atoms with Crippen LogP contribution in [0.5, 0.6) is 0 Å². The highest BCUT2D eigenvalue weighted by Crippen LogP contribution is 2.13. The lowest BCUT2D eigenvalue weighted by atomic mass is 10.2. The van der Waals surface area contributed by atoms with Gasteiger partial charge in [-0.05, 0) is 57.9 Å². The van der Waals surface area contributed by atoms with Gasteiger partial charge in [0.05, 0.1) is 6.54 Å². The first-order valence-electron chi connectivity index (χ1n) is 9.73. The van der Waals surface area contributed by atoms with E-state index in [0.717, 1.165) is 11.3 Å². The van der Waals surface area contributed by atoms with Crippen molar-refractivity contribution in [3.05, 3.63) is 59.9 Å². The molecule has 0 atom stereocenters. The second kappa shape index (κ2) is 12.4. The number of anilines is 1. The molecule has 1 heterocycles. The number of pyridine rings is 1. The summed E-state index contributed by atoms with van der Waals surface area (Å²) < 4.78 is 5.53. The van der Waals surface area contributed by atoms with E-state index in [-0.39, 0.29) is 30.1 Å². The van der Waals surface area contributed by atoms with E-state index in [4.69, 9.17) is 10.5 Å². The Balaban J connectivity index is 0.00000450. The highest BCUT2D eigenvalue weighted by atomic mass is 127. The van der Waals surface area contributed by atoms with Gasteiger partial charge >= 0.3 is 6.09 Å². The van der Waals surface area contributed by atoms with E-state index >= 15 is 0 Å². The van der Waals surface area contributed by atoms with Crippen LogP contribution < -0.4 is 11.1 Å². The maximum absolute atomic E-state index is 12.6. The summed E-state index contributed by atoms with van der Waals surface area (Å²) in [6, 6.07) is 11.7. The number of guanidine groups is 1. The summed E-state index contributed by atoms with van der Waals surface area (Å²) in [6.45, 7) is 9.04. The fraction of sp³-hybridized carbons (Fsp3) is 0.409. The van der Waals surface area contributed by atoms with Crippen LogP contribution in [0.4, 0.5) is 10.5 Å². The lowest BCUT2D eigenvalue weighted by molar-refractivity contribution is 0.0232. The first-order valence-corrected chi connectivity index (χ1v) is 9.73. The Morgan fingerprint density at radius 2 is 1.93 bits per heavy atom. The molecule has 30 heavy (non-hydrogen) atoms. The molecule has 1 aromatic heterocycles.